The Hall–Kier alpha value is -2.53. The van der Waals surface area contributed by atoms with Crippen molar-refractivity contribution in [1.82, 2.24) is 9.97 Å². The molecule has 2 aromatic heterocycles. The number of pyridine rings is 2. The van der Waals surface area contributed by atoms with Crippen LogP contribution in [0.4, 0.5) is 5.69 Å². The van der Waals surface area contributed by atoms with Crippen molar-refractivity contribution in [3.8, 4) is 11.3 Å². The molecule has 0 saturated heterocycles. The molecule has 20 heavy (non-hydrogen) atoms. The second kappa shape index (κ2) is 4.86. The second-order valence-electron chi connectivity index (χ2n) is 4.15. The molecule has 0 saturated carbocycles. The normalized spacial score (nSPS) is 10.7. The topological polar surface area (TPSA) is 68.9 Å². The van der Waals surface area contributed by atoms with Crippen molar-refractivity contribution in [2.24, 2.45) is 0 Å². The van der Waals surface area contributed by atoms with Crippen molar-refractivity contribution in [1.29, 1.82) is 0 Å². The van der Waals surface area contributed by atoms with Crippen LogP contribution in [-0.4, -0.2) is 14.9 Å². The van der Waals surface area contributed by atoms with Gasteiger partial charge in [0.1, 0.15) is 0 Å². The molecule has 0 atom stereocenters. The van der Waals surface area contributed by atoms with Crippen LogP contribution in [0.5, 0.6) is 0 Å². The van der Waals surface area contributed by atoms with Gasteiger partial charge in [-0.1, -0.05) is 11.6 Å². The van der Waals surface area contributed by atoms with Gasteiger partial charge < -0.3 is 0 Å². The van der Waals surface area contributed by atoms with E-state index in [1.165, 1.54) is 18.2 Å². The third-order valence-electron chi connectivity index (χ3n) is 2.95. The lowest BCUT2D eigenvalue weighted by Gasteiger charge is -2.06. The molecule has 0 N–H and O–H groups in total. The van der Waals surface area contributed by atoms with Crippen LogP contribution in [0, 0.1) is 10.1 Å². The van der Waals surface area contributed by atoms with E-state index in [0.717, 1.165) is 10.9 Å². The molecule has 0 spiro atoms. The molecular weight excluding hydrogens is 278 g/mol. The number of benzene rings is 1. The van der Waals surface area contributed by atoms with E-state index >= 15 is 0 Å². The number of non-ortho nitro benzene ring substituents is 1. The highest BCUT2D eigenvalue weighted by Crippen LogP contribution is 2.33. The minimum Gasteiger partial charge on any atom is -0.258 e. The highest BCUT2D eigenvalue weighted by atomic mass is 35.5. The van der Waals surface area contributed by atoms with E-state index < -0.39 is 4.92 Å². The first-order valence-corrected chi connectivity index (χ1v) is 6.18. The summed E-state index contributed by atoms with van der Waals surface area (Å²) in [4.78, 5) is 19.0. The fourth-order valence-electron chi connectivity index (χ4n) is 2.03. The number of hydrogen-bond acceptors (Lipinski definition) is 4. The quantitative estimate of drug-likeness (QED) is 0.529. The third kappa shape index (κ3) is 2.08. The highest BCUT2D eigenvalue weighted by molar-refractivity contribution is 6.33. The Morgan fingerprint density at radius 1 is 1.10 bits per heavy atom. The monoisotopic (exact) mass is 285 g/mol. The van der Waals surface area contributed by atoms with Gasteiger partial charge >= 0.3 is 0 Å². The number of halogens is 1. The van der Waals surface area contributed by atoms with Gasteiger partial charge in [-0.05, 0) is 24.3 Å². The van der Waals surface area contributed by atoms with Crippen LogP contribution < -0.4 is 0 Å². The summed E-state index contributed by atoms with van der Waals surface area (Å²) in [5.74, 6) is 0. The maximum atomic E-state index is 10.9. The summed E-state index contributed by atoms with van der Waals surface area (Å²) < 4.78 is 0. The molecule has 6 heteroatoms. The zero-order chi connectivity index (χ0) is 14.1. The van der Waals surface area contributed by atoms with E-state index in [4.69, 9.17) is 11.6 Å². The van der Waals surface area contributed by atoms with Crippen LogP contribution in [0.3, 0.4) is 0 Å². The van der Waals surface area contributed by atoms with Gasteiger partial charge in [-0.2, -0.15) is 0 Å². The van der Waals surface area contributed by atoms with Gasteiger partial charge in [0.05, 0.1) is 21.2 Å². The van der Waals surface area contributed by atoms with Gasteiger partial charge in [0, 0.05) is 35.5 Å². The lowest BCUT2D eigenvalue weighted by atomic mass is 10.1. The summed E-state index contributed by atoms with van der Waals surface area (Å²) in [7, 11) is 0. The largest absolute Gasteiger partial charge is 0.270 e. The Bertz CT molecular complexity index is 815. The van der Waals surface area contributed by atoms with E-state index in [-0.39, 0.29) is 5.69 Å². The van der Waals surface area contributed by atoms with E-state index in [0.29, 0.717) is 16.3 Å². The maximum Gasteiger partial charge on any atom is 0.270 e. The maximum absolute atomic E-state index is 10.9. The summed E-state index contributed by atoms with van der Waals surface area (Å²) in [6.07, 6.45) is 3.29. The Morgan fingerprint density at radius 2 is 1.95 bits per heavy atom. The minimum absolute atomic E-state index is 0.0212. The SMILES string of the molecule is O=[N+]([O-])c1ccc(Cl)c(-c2nccc3ncccc23)c1. The zero-order valence-corrected chi connectivity index (χ0v) is 10.9. The van der Waals surface area contributed by atoms with E-state index in [9.17, 15) is 10.1 Å². The van der Waals surface area contributed by atoms with Crippen molar-refractivity contribution in [3.63, 3.8) is 0 Å². The van der Waals surface area contributed by atoms with Gasteiger partial charge in [-0.15, -0.1) is 0 Å². The minimum atomic E-state index is -0.455. The molecule has 0 amide bonds. The van der Waals surface area contributed by atoms with Crippen LogP contribution in [-0.2, 0) is 0 Å². The van der Waals surface area contributed by atoms with Gasteiger partial charge in [0.15, 0.2) is 0 Å². The third-order valence-corrected chi connectivity index (χ3v) is 3.28. The predicted molar refractivity (Wildman–Crippen MR) is 76.6 cm³/mol. The fourth-order valence-corrected chi connectivity index (χ4v) is 2.23. The lowest BCUT2D eigenvalue weighted by molar-refractivity contribution is -0.384. The summed E-state index contributed by atoms with van der Waals surface area (Å²) in [5, 5.41) is 12.1. The Kier molecular flexibility index (Phi) is 3.04. The van der Waals surface area contributed by atoms with Crippen molar-refractivity contribution >= 4 is 28.2 Å². The molecule has 0 unspecified atom stereocenters. The number of hydrogen-bond donors (Lipinski definition) is 0. The van der Waals surface area contributed by atoms with Crippen LogP contribution >= 0.6 is 11.6 Å². The molecule has 0 aliphatic rings. The molecule has 3 rings (SSSR count). The molecule has 3 aromatic rings. The summed E-state index contributed by atoms with van der Waals surface area (Å²) >= 11 is 6.15. The standard InChI is InChI=1S/C14H8ClN3O2/c15-12-4-3-9(18(19)20)8-11(12)14-10-2-1-6-16-13(10)5-7-17-14/h1-8H. The molecule has 0 fully saturated rings. The Labute approximate surface area is 119 Å². The molecule has 0 bridgehead atoms. The average Bonchev–Trinajstić information content (AvgIpc) is 2.47. The van der Waals surface area contributed by atoms with Crippen molar-refractivity contribution in [2.45, 2.75) is 0 Å². The van der Waals surface area contributed by atoms with Gasteiger partial charge in [-0.25, -0.2) is 0 Å². The van der Waals surface area contributed by atoms with Crippen molar-refractivity contribution in [2.75, 3.05) is 0 Å². The molecule has 0 aliphatic carbocycles. The van der Waals surface area contributed by atoms with Crippen LogP contribution in [0.2, 0.25) is 5.02 Å². The Balaban J connectivity index is 2.30. The summed E-state index contributed by atoms with van der Waals surface area (Å²) in [6.45, 7) is 0. The first kappa shape index (κ1) is 12.5. The molecule has 2 heterocycles. The van der Waals surface area contributed by atoms with Crippen molar-refractivity contribution in [3.05, 3.63) is 63.9 Å². The smallest absolute Gasteiger partial charge is 0.258 e. The molecule has 98 valence electrons. The average molecular weight is 286 g/mol. The molecule has 5 nitrogen and oxygen atoms in total. The van der Waals surface area contributed by atoms with E-state index in [1.54, 1.807) is 24.5 Å². The molecule has 0 aliphatic heterocycles. The number of fused-ring (bicyclic) bond motifs is 1. The number of rotatable bonds is 2. The number of nitro benzene ring substituents is 1. The van der Waals surface area contributed by atoms with Crippen LogP contribution in [0.1, 0.15) is 0 Å². The second-order valence-corrected chi connectivity index (χ2v) is 4.56. The van der Waals surface area contributed by atoms with Crippen LogP contribution in [0.25, 0.3) is 22.2 Å². The van der Waals surface area contributed by atoms with Gasteiger partial charge in [-0.3, -0.25) is 20.1 Å². The first-order chi connectivity index (χ1) is 9.66. The number of nitrogens with zero attached hydrogens (tertiary/aromatic N) is 3. The molecule has 1 aromatic carbocycles. The number of nitro groups is 1. The zero-order valence-electron chi connectivity index (χ0n) is 10.2. The fraction of sp³-hybridized carbons (Fsp3) is 0. The first-order valence-electron chi connectivity index (χ1n) is 5.81. The number of aromatic nitrogens is 2. The predicted octanol–water partition coefficient (Wildman–Crippen LogP) is 3.86. The van der Waals surface area contributed by atoms with Gasteiger partial charge in [0.25, 0.3) is 5.69 Å². The highest BCUT2D eigenvalue weighted by Gasteiger charge is 2.14. The molecule has 0 radical (unpaired) electrons. The van der Waals surface area contributed by atoms with E-state index in [1.807, 2.05) is 6.07 Å². The molecular formula is C14H8ClN3O2. The lowest BCUT2D eigenvalue weighted by Crippen LogP contribution is -1.92. The van der Waals surface area contributed by atoms with E-state index in [2.05, 4.69) is 9.97 Å². The van der Waals surface area contributed by atoms with Crippen LogP contribution in [0.15, 0.2) is 48.8 Å². The van der Waals surface area contributed by atoms with Gasteiger partial charge in [0.2, 0.25) is 0 Å². The summed E-state index contributed by atoms with van der Waals surface area (Å²) in [5.41, 5.74) is 1.86. The Morgan fingerprint density at radius 3 is 2.75 bits per heavy atom. The van der Waals surface area contributed by atoms with Crippen molar-refractivity contribution < 1.29 is 4.92 Å². The summed E-state index contributed by atoms with van der Waals surface area (Å²) in [6, 6.07) is 9.74.